The van der Waals surface area contributed by atoms with Crippen molar-refractivity contribution < 1.29 is 4.79 Å². The van der Waals surface area contributed by atoms with Gasteiger partial charge in [-0.15, -0.1) is 0 Å². The molecule has 2 unspecified atom stereocenters. The minimum absolute atomic E-state index is 0.0676. The molecule has 3 nitrogen and oxygen atoms in total. The molecule has 0 aromatic carbocycles. The lowest BCUT2D eigenvalue weighted by atomic mass is 10.1. The van der Waals surface area contributed by atoms with Crippen LogP contribution in [0.15, 0.2) is 0 Å². The highest BCUT2D eigenvalue weighted by atomic mass is 79.9. The van der Waals surface area contributed by atoms with Gasteiger partial charge in [0.25, 0.3) is 0 Å². The molecule has 4 heteroatoms. The fourth-order valence-electron chi connectivity index (χ4n) is 2.54. The number of nitrogens with zero attached hydrogens (tertiary/aromatic N) is 2. The van der Waals surface area contributed by atoms with E-state index in [1.807, 2.05) is 4.90 Å². The summed E-state index contributed by atoms with van der Waals surface area (Å²) in [7, 11) is 2.16. The summed E-state index contributed by atoms with van der Waals surface area (Å²) in [6.07, 6.45) is 4.65. The van der Waals surface area contributed by atoms with Crippen LogP contribution in [0.4, 0.5) is 0 Å². The summed E-state index contributed by atoms with van der Waals surface area (Å²) in [5, 5.41) is 0. The lowest BCUT2D eigenvalue weighted by Crippen LogP contribution is -2.47. The quantitative estimate of drug-likeness (QED) is 0.712. The first-order valence-corrected chi connectivity index (χ1v) is 6.73. The van der Waals surface area contributed by atoms with Gasteiger partial charge in [0, 0.05) is 19.1 Å². The number of halogens is 1. The predicted octanol–water partition coefficient (Wildman–Crippen LogP) is 1.47. The highest BCUT2D eigenvalue weighted by molar-refractivity contribution is 9.10. The highest BCUT2D eigenvalue weighted by Gasteiger charge is 2.30. The summed E-state index contributed by atoms with van der Waals surface area (Å²) in [4.78, 5) is 16.4. The van der Waals surface area contributed by atoms with Crippen LogP contribution in [0.1, 0.15) is 25.7 Å². The molecule has 2 rings (SSSR count). The highest BCUT2D eigenvalue weighted by Crippen LogP contribution is 2.22. The van der Waals surface area contributed by atoms with E-state index in [2.05, 4.69) is 27.9 Å². The summed E-state index contributed by atoms with van der Waals surface area (Å²) >= 11 is 3.45. The number of amides is 1. The molecule has 2 aliphatic rings. The van der Waals surface area contributed by atoms with E-state index in [1.54, 1.807) is 0 Å². The van der Waals surface area contributed by atoms with Crippen LogP contribution >= 0.6 is 15.9 Å². The molecular formula is C11H19BrN2O. The van der Waals surface area contributed by atoms with Crippen molar-refractivity contribution in [3.05, 3.63) is 0 Å². The maximum absolute atomic E-state index is 11.9. The van der Waals surface area contributed by atoms with Gasteiger partial charge in [0.2, 0.25) is 5.91 Å². The van der Waals surface area contributed by atoms with Crippen LogP contribution in [0.3, 0.4) is 0 Å². The van der Waals surface area contributed by atoms with E-state index in [0.29, 0.717) is 11.9 Å². The van der Waals surface area contributed by atoms with E-state index in [9.17, 15) is 4.79 Å². The third-order valence-electron chi connectivity index (χ3n) is 3.57. The lowest BCUT2D eigenvalue weighted by Gasteiger charge is -2.33. The van der Waals surface area contributed by atoms with Gasteiger partial charge in [0.05, 0.1) is 4.83 Å². The number of alkyl halides is 1. The number of likely N-dealkylation sites (N-methyl/N-ethyl adjacent to an activating group) is 1. The van der Waals surface area contributed by atoms with E-state index < -0.39 is 0 Å². The summed E-state index contributed by atoms with van der Waals surface area (Å²) < 4.78 is 0. The van der Waals surface area contributed by atoms with E-state index in [-0.39, 0.29) is 4.83 Å². The third-order valence-corrected chi connectivity index (χ3v) is 4.42. The molecule has 0 aromatic heterocycles. The number of rotatable bonds is 2. The van der Waals surface area contributed by atoms with Crippen molar-refractivity contribution >= 4 is 21.8 Å². The number of hydrogen-bond acceptors (Lipinski definition) is 2. The van der Waals surface area contributed by atoms with Crippen LogP contribution in [-0.2, 0) is 4.79 Å². The minimum Gasteiger partial charge on any atom is -0.340 e. The van der Waals surface area contributed by atoms with Crippen molar-refractivity contribution in [2.45, 2.75) is 36.6 Å². The normalized spacial score (nSPS) is 33.7. The Morgan fingerprint density at radius 1 is 1.33 bits per heavy atom. The molecule has 15 heavy (non-hydrogen) atoms. The molecule has 0 aliphatic carbocycles. The molecule has 0 spiro atoms. The minimum atomic E-state index is 0.0676. The molecule has 0 radical (unpaired) electrons. The molecule has 0 aromatic rings. The maximum atomic E-state index is 11.9. The lowest BCUT2D eigenvalue weighted by molar-refractivity contribution is -0.133. The Labute approximate surface area is 99.9 Å². The van der Waals surface area contributed by atoms with Gasteiger partial charge in [0.1, 0.15) is 0 Å². The van der Waals surface area contributed by atoms with Crippen molar-refractivity contribution in [3.8, 4) is 0 Å². The number of carbonyl (C=O) groups is 1. The van der Waals surface area contributed by atoms with E-state index >= 15 is 0 Å². The van der Waals surface area contributed by atoms with Gasteiger partial charge in [-0.05, 0) is 39.3 Å². The zero-order valence-electron chi connectivity index (χ0n) is 9.29. The predicted molar refractivity (Wildman–Crippen MR) is 64.2 cm³/mol. The Morgan fingerprint density at radius 3 is 2.73 bits per heavy atom. The molecule has 2 saturated heterocycles. The molecule has 2 heterocycles. The van der Waals surface area contributed by atoms with Crippen molar-refractivity contribution in [2.75, 3.05) is 26.7 Å². The Morgan fingerprint density at radius 2 is 2.07 bits per heavy atom. The monoisotopic (exact) mass is 274 g/mol. The van der Waals surface area contributed by atoms with E-state index in [4.69, 9.17) is 0 Å². The van der Waals surface area contributed by atoms with Gasteiger partial charge in [-0.25, -0.2) is 0 Å². The van der Waals surface area contributed by atoms with E-state index in [0.717, 1.165) is 25.9 Å². The average molecular weight is 275 g/mol. The van der Waals surface area contributed by atoms with Gasteiger partial charge in [-0.1, -0.05) is 15.9 Å². The van der Waals surface area contributed by atoms with Crippen LogP contribution in [0.2, 0.25) is 0 Å². The van der Waals surface area contributed by atoms with E-state index in [1.165, 1.54) is 19.4 Å². The Balaban J connectivity index is 1.90. The summed E-state index contributed by atoms with van der Waals surface area (Å²) in [6.45, 7) is 3.06. The Kier molecular flexibility index (Phi) is 3.67. The summed E-state index contributed by atoms with van der Waals surface area (Å²) in [5.74, 6) is 0.293. The fourth-order valence-corrected chi connectivity index (χ4v) is 3.15. The smallest absolute Gasteiger partial charge is 0.236 e. The van der Waals surface area contributed by atoms with Crippen LogP contribution in [-0.4, -0.2) is 53.3 Å². The number of likely N-dealkylation sites (tertiary alicyclic amines) is 2. The van der Waals surface area contributed by atoms with Crippen molar-refractivity contribution in [1.82, 2.24) is 9.80 Å². The second kappa shape index (κ2) is 4.83. The zero-order chi connectivity index (χ0) is 10.8. The molecule has 0 bridgehead atoms. The van der Waals surface area contributed by atoms with Crippen molar-refractivity contribution in [2.24, 2.45) is 0 Å². The second-order valence-corrected chi connectivity index (χ2v) is 5.78. The Hall–Kier alpha value is -0.0900. The first-order chi connectivity index (χ1) is 7.18. The molecule has 2 fully saturated rings. The van der Waals surface area contributed by atoms with Crippen LogP contribution in [0.25, 0.3) is 0 Å². The standard InChI is InChI=1S/C11H19BrN2O/c1-13-6-2-4-9(13)8-14-7-3-5-10(12)11(14)15/h9-10H,2-8H2,1H3. The number of piperidine rings is 1. The topological polar surface area (TPSA) is 23.6 Å². The van der Waals surface area contributed by atoms with Crippen LogP contribution in [0.5, 0.6) is 0 Å². The fraction of sp³-hybridized carbons (Fsp3) is 0.909. The van der Waals surface area contributed by atoms with Crippen LogP contribution < -0.4 is 0 Å². The number of carbonyl (C=O) groups excluding carboxylic acids is 1. The van der Waals surface area contributed by atoms with Gasteiger partial charge in [-0.2, -0.15) is 0 Å². The summed E-state index contributed by atoms with van der Waals surface area (Å²) in [5.41, 5.74) is 0. The molecule has 2 aliphatic heterocycles. The molecular weight excluding hydrogens is 256 g/mol. The number of hydrogen-bond donors (Lipinski definition) is 0. The molecule has 0 saturated carbocycles. The van der Waals surface area contributed by atoms with Crippen LogP contribution in [0, 0.1) is 0 Å². The maximum Gasteiger partial charge on any atom is 0.236 e. The first kappa shape index (κ1) is 11.4. The Bertz CT molecular complexity index is 247. The van der Waals surface area contributed by atoms with Gasteiger partial charge >= 0.3 is 0 Å². The van der Waals surface area contributed by atoms with Gasteiger partial charge < -0.3 is 9.80 Å². The molecule has 0 N–H and O–H groups in total. The molecule has 1 amide bonds. The third kappa shape index (κ3) is 2.53. The van der Waals surface area contributed by atoms with Crippen molar-refractivity contribution in [3.63, 3.8) is 0 Å². The van der Waals surface area contributed by atoms with Gasteiger partial charge in [0.15, 0.2) is 0 Å². The zero-order valence-corrected chi connectivity index (χ0v) is 10.9. The average Bonchev–Trinajstić information content (AvgIpc) is 2.60. The first-order valence-electron chi connectivity index (χ1n) is 5.81. The SMILES string of the molecule is CN1CCCC1CN1CCCC(Br)C1=O. The largest absolute Gasteiger partial charge is 0.340 e. The summed E-state index contributed by atoms with van der Waals surface area (Å²) in [6, 6.07) is 0.590. The second-order valence-electron chi connectivity index (χ2n) is 4.67. The molecule has 86 valence electrons. The van der Waals surface area contributed by atoms with Crippen molar-refractivity contribution in [1.29, 1.82) is 0 Å². The molecule has 2 atom stereocenters. The van der Waals surface area contributed by atoms with Gasteiger partial charge in [-0.3, -0.25) is 4.79 Å².